The molecule has 0 bridgehead atoms. The molecule has 0 radical (unpaired) electrons. The van der Waals surface area contributed by atoms with E-state index in [-0.39, 0.29) is 17.3 Å². The number of rotatable bonds is 11. The Bertz CT molecular complexity index is 715. The largest absolute Gasteiger partial charge is 0.508 e. The fraction of sp³-hybridized carbons (Fsp3) is 0.591. The highest BCUT2D eigenvalue weighted by Gasteiger charge is 2.33. The van der Waals surface area contributed by atoms with E-state index in [4.69, 9.17) is 13.8 Å². The van der Waals surface area contributed by atoms with Crippen molar-refractivity contribution in [2.24, 2.45) is 0 Å². The number of phenolic OH excluding ortho intramolecular Hbond substituents is 1. The van der Waals surface area contributed by atoms with Gasteiger partial charge in [-0.1, -0.05) is 19.4 Å². The Balaban J connectivity index is 2.16. The van der Waals surface area contributed by atoms with Gasteiger partial charge < -0.3 is 23.8 Å². The van der Waals surface area contributed by atoms with Crippen LogP contribution >= 0.6 is 8.38 Å². The number of carbonyl (C=O) groups is 1. The molecule has 162 valence electrons. The number of unbranched alkanes of at least 4 members (excludes halogenated alkanes) is 1. The van der Waals surface area contributed by atoms with E-state index in [1.165, 1.54) is 0 Å². The number of benzene rings is 1. The zero-order valence-corrected chi connectivity index (χ0v) is 19.1. The number of aromatic hydroxyl groups is 1. The van der Waals surface area contributed by atoms with Crippen LogP contribution in [0.15, 0.2) is 24.3 Å². The zero-order valence-electron chi connectivity index (χ0n) is 18.2. The standard InChI is InChI=1S/C22H34NO5P/c1-6-7-13-28-21(25)9-8-12-23-20-14-18(24)10-11-19(20)17(15-22(23,2)3)16-29(26-4)27-5/h10-11,14-15,24H,6-9,12-13,16H2,1-5H3. The number of phenols is 1. The number of nitrogens with zero attached hydrogens (tertiary/aromatic N) is 1. The number of hydrogen-bond donors (Lipinski definition) is 1. The molecule has 0 amide bonds. The molecule has 0 unspecified atom stereocenters. The molecule has 0 aliphatic carbocycles. The first-order valence-corrected chi connectivity index (χ1v) is 11.5. The van der Waals surface area contributed by atoms with E-state index < -0.39 is 8.38 Å². The normalized spacial score (nSPS) is 15.2. The van der Waals surface area contributed by atoms with Crippen molar-refractivity contribution in [3.05, 3.63) is 29.8 Å². The van der Waals surface area contributed by atoms with Crippen molar-refractivity contribution in [1.82, 2.24) is 0 Å². The highest BCUT2D eigenvalue weighted by Crippen LogP contribution is 2.47. The van der Waals surface area contributed by atoms with Crippen LogP contribution in [0.4, 0.5) is 5.69 Å². The van der Waals surface area contributed by atoms with Crippen molar-refractivity contribution in [3.63, 3.8) is 0 Å². The second-order valence-electron chi connectivity index (χ2n) is 7.71. The summed E-state index contributed by atoms with van der Waals surface area (Å²) in [6, 6.07) is 5.44. The van der Waals surface area contributed by atoms with E-state index in [1.54, 1.807) is 26.4 Å². The summed E-state index contributed by atoms with van der Waals surface area (Å²) in [6.45, 7) is 7.54. The lowest BCUT2D eigenvalue weighted by atomic mass is 9.88. The number of esters is 1. The van der Waals surface area contributed by atoms with Crippen LogP contribution in [-0.4, -0.2) is 50.1 Å². The van der Waals surface area contributed by atoms with Crippen molar-refractivity contribution in [3.8, 4) is 5.75 Å². The Kier molecular flexibility index (Phi) is 8.94. The summed E-state index contributed by atoms with van der Waals surface area (Å²) in [5, 5.41) is 10.1. The topological polar surface area (TPSA) is 68.2 Å². The van der Waals surface area contributed by atoms with E-state index in [2.05, 4.69) is 31.7 Å². The van der Waals surface area contributed by atoms with Crippen LogP contribution in [0.5, 0.6) is 5.75 Å². The molecule has 1 aromatic carbocycles. The van der Waals surface area contributed by atoms with Crippen LogP contribution in [-0.2, 0) is 18.6 Å². The van der Waals surface area contributed by atoms with Gasteiger partial charge in [0.1, 0.15) is 5.75 Å². The van der Waals surface area contributed by atoms with Gasteiger partial charge in [0, 0.05) is 50.7 Å². The Labute approximate surface area is 175 Å². The van der Waals surface area contributed by atoms with Crippen LogP contribution in [0.1, 0.15) is 52.0 Å². The maximum Gasteiger partial charge on any atom is 0.305 e. The third-order valence-corrected chi connectivity index (χ3v) is 6.48. The molecule has 1 aliphatic heterocycles. The van der Waals surface area contributed by atoms with Gasteiger partial charge in [-0.05, 0) is 44.4 Å². The molecular formula is C22H34NO5P. The average molecular weight is 423 g/mol. The van der Waals surface area contributed by atoms with Gasteiger partial charge in [0.05, 0.1) is 12.1 Å². The lowest BCUT2D eigenvalue weighted by Gasteiger charge is -2.44. The molecule has 29 heavy (non-hydrogen) atoms. The third-order valence-electron chi connectivity index (χ3n) is 5.07. The number of hydrogen-bond acceptors (Lipinski definition) is 6. The maximum absolute atomic E-state index is 11.9. The Hall–Kier alpha value is -1.62. The first-order valence-electron chi connectivity index (χ1n) is 10.2. The zero-order chi connectivity index (χ0) is 21.4. The Morgan fingerprint density at radius 1 is 1.21 bits per heavy atom. The second kappa shape index (κ2) is 11.0. The molecule has 6 nitrogen and oxygen atoms in total. The molecule has 0 saturated carbocycles. The van der Waals surface area contributed by atoms with Gasteiger partial charge in [-0.3, -0.25) is 4.79 Å². The Morgan fingerprint density at radius 3 is 2.59 bits per heavy atom. The predicted octanol–water partition coefficient (Wildman–Crippen LogP) is 5.10. The average Bonchev–Trinajstić information content (AvgIpc) is 2.67. The molecule has 1 N–H and O–H groups in total. The molecule has 0 spiro atoms. The minimum Gasteiger partial charge on any atom is -0.508 e. The van der Waals surface area contributed by atoms with Crippen LogP contribution in [0.2, 0.25) is 0 Å². The van der Waals surface area contributed by atoms with E-state index in [1.807, 2.05) is 6.07 Å². The summed E-state index contributed by atoms with van der Waals surface area (Å²) >= 11 is 0. The molecule has 0 fully saturated rings. The van der Waals surface area contributed by atoms with Gasteiger partial charge >= 0.3 is 5.97 Å². The van der Waals surface area contributed by atoms with E-state index in [0.717, 1.165) is 29.7 Å². The van der Waals surface area contributed by atoms with Gasteiger partial charge in [0.2, 0.25) is 0 Å². The lowest BCUT2D eigenvalue weighted by molar-refractivity contribution is -0.143. The third kappa shape index (κ3) is 6.43. The number of ether oxygens (including phenoxy) is 1. The molecule has 0 saturated heterocycles. The maximum atomic E-state index is 11.9. The fourth-order valence-electron chi connectivity index (χ4n) is 3.57. The molecule has 1 heterocycles. The summed E-state index contributed by atoms with van der Waals surface area (Å²) in [6.07, 6.45) is 5.91. The summed E-state index contributed by atoms with van der Waals surface area (Å²) in [4.78, 5) is 14.2. The van der Waals surface area contributed by atoms with Crippen molar-refractivity contribution < 1.29 is 23.7 Å². The van der Waals surface area contributed by atoms with Crippen molar-refractivity contribution in [2.45, 2.75) is 52.0 Å². The minimum atomic E-state index is -1.00. The summed E-state index contributed by atoms with van der Waals surface area (Å²) in [7, 11) is 2.32. The molecule has 1 aromatic rings. The molecular weight excluding hydrogens is 389 g/mol. The first kappa shape index (κ1) is 23.7. The molecule has 1 aliphatic rings. The number of anilines is 1. The van der Waals surface area contributed by atoms with Gasteiger partial charge in [-0.25, -0.2) is 0 Å². The second-order valence-corrected chi connectivity index (χ2v) is 9.42. The van der Waals surface area contributed by atoms with Crippen LogP contribution in [0.3, 0.4) is 0 Å². The van der Waals surface area contributed by atoms with Crippen LogP contribution in [0.25, 0.3) is 5.57 Å². The predicted molar refractivity (Wildman–Crippen MR) is 118 cm³/mol. The van der Waals surface area contributed by atoms with Crippen LogP contribution < -0.4 is 4.90 Å². The molecule has 2 rings (SSSR count). The van der Waals surface area contributed by atoms with Gasteiger partial charge in [0.25, 0.3) is 0 Å². The van der Waals surface area contributed by atoms with Crippen molar-refractivity contribution >= 4 is 25.6 Å². The molecule has 0 atom stereocenters. The van der Waals surface area contributed by atoms with E-state index >= 15 is 0 Å². The van der Waals surface area contributed by atoms with Crippen LogP contribution in [0, 0.1) is 0 Å². The van der Waals surface area contributed by atoms with Gasteiger partial charge in [-0.15, -0.1) is 0 Å². The number of allylic oxidation sites excluding steroid dienone is 1. The van der Waals surface area contributed by atoms with Gasteiger partial charge in [-0.2, -0.15) is 0 Å². The lowest BCUT2D eigenvalue weighted by Crippen LogP contribution is -2.46. The van der Waals surface area contributed by atoms with Crippen molar-refractivity contribution in [2.75, 3.05) is 38.4 Å². The number of fused-ring (bicyclic) bond motifs is 1. The monoisotopic (exact) mass is 423 g/mol. The van der Waals surface area contributed by atoms with E-state index in [0.29, 0.717) is 32.2 Å². The fourth-order valence-corrected chi connectivity index (χ4v) is 4.52. The van der Waals surface area contributed by atoms with Crippen molar-refractivity contribution in [1.29, 1.82) is 0 Å². The minimum absolute atomic E-state index is 0.147. The summed E-state index contributed by atoms with van der Waals surface area (Å²) in [5.41, 5.74) is 2.91. The smallest absolute Gasteiger partial charge is 0.305 e. The summed E-state index contributed by atoms with van der Waals surface area (Å²) in [5.74, 6) is 0.0805. The molecule has 0 aromatic heterocycles. The molecule has 7 heteroatoms. The number of carbonyl (C=O) groups excluding carboxylic acids is 1. The first-order chi connectivity index (χ1) is 13.8. The highest BCUT2D eigenvalue weighted by atomic mass is 31.2. The van der Waals surface area contributed by atoms with E-state index in [9.17, 15) is 9.90 Å². The highest BCUT2D eigenvalue weighted by molar-refractivity contribution is 7.47. The SMILES string of the molecule is CCCCOC(=O)CCCN1c2cc(O)ccc2C(CP(OC)OC)=CC1(C)C. The summed E-state index contributed by atoms with van der Waals surface area (Å²) < 4.78 is 16.2. The quantitative estimate of drug-likeness (QED) is 0.303. The Morgan fingerprint density at radius 2 is 1.93 bits per heavy atom. The van der Waals surface area contributed by atoms with Gasteiger partial charge in [0.15, 0.2) is 8.38 Å².